The lowest BCUT2D eigenvalue weighted by atomic mass is 9.90. The van der Waals surface area contributed by atoms with E-state index in [2.05, 4.69) is 5.10 Å². The monoisotopic (exact) mass is 511 g/mol. The fraction of sp³-hybridized carbons (Fsp3) is 0.385. The Morgan fingerprint density at radius 2 is 1.89 bits per heavy atom. The van der Waals surface area contributed by atoms with E-state index < -0.39 is 41.1 Å². The third-order valence-corrected chi connectivity index (χ3v) is 6.94. The van der Waals surface area contributed by atoms with Crippen LogP contribution in [-0.4, -0.2) is 49.0 Å². The number of thiophene rings is 1. The highest BCUT2D eigenvalue weighted by Crippen LogP contribution is 2.50. The van der Waals surface area contributed by atoms with Crippen molar-refractivity contribution >= 4 is 29.4 Å². The molecule has 4 rings (SSSR count). The molecule has 1 amide bonds. The Bertz CT molecular complexity index is 1190. The zero-order valence-corrected chi connectivity index (χ0v) is 21.2. The van der Waals surface area contributed by atoms with E-state index in [0.29, 0.717) is 4.88 Å². The number of rotatable bonds is 7. The number of esters is 1. The van der Waals surface area contributed by atoms with Gasteiger partial charge in [-0.3, -0.25) is 14.4 Å². The number of hydrogen-bond donors (Lipinski definition) is 1. The lowest BCUT2D eigenvalue weighted by molar-refractivity contribution is -0.169. The van der Waals surface area contributed by atoms with Gasteiger partial charge >= 0.3 is 18.0 Å². The molecule has 1 aliphatic rings. The van der Waals surface area contributed by atoms with Gasteiger partial charge in [-0.2, -0.15) is 5.10 Å². The molecule has 10 heteroatoms. The topological polar surface area (TPSA) is 111 Å². The van der Waals surface area contributed by atoms with Crippen LogP contribution in [0.15, 0.2) is 66.3 Å². The summed E-state index contributed by atoms with van der Waals surface area (Å²) in [6.45, 7) is 5.07. The Balaban J connectivity index is 1.82. The number of benzene rings is 1. The van der Waals surface area contributed by atoms with Gasteiger partial charge in [-0.15, -0.1) is 11.3 Å². The van der Waals surface area contributed by atoms with Crippen molar-refractivity contribution in [2.45, 2.75) is 57.5 Å². The molecule has 1 aromatic carbocycles. The van der Waals surface area contributed by atoms with Gasteiger partial charge in [-0.25, -0.2) is 9.59 Å². The Morgan fingerprint density at radius 3 is 2.47 bits per heavy atom. The van der Waals surface area contributed by atoms with E-state index in [4.69, 9.17) is 9.47 Å². The average molecular weight is 512 g/mol. The molecular formula is C26H29N3O6S. The molecule has 0 aliphatic carbocycles. The van der Waals surface area contributed by atoms with Crippen molar-refractivity contribution in [2.75, 3.05) is 0 Å². The normalized spacial score (nSPS) is 21.8. The van der Waals surface area contributed by atoms with Crippen LogP contribution in [0.3, 0.4) is 0 Å². The van der Waals surface area contributed by atoms with Gasteiger partial charge in [0.25, 0.3) is 0 Å². The van der Waals surface area contributed by atoms with Gasteiger partial charge in [0, 0.05) is 17.3 Å². The van der Waals surface area contributed by atoms with Gasteiger partial charge in [0.2, 0.25) is 0 Å². The van der Waals surface area contributed by atoms with Crippen molar-refractivity contribution in [1.29, 1.82) is 0 Å². The van der Waals surface area contributed by atoms with Crippen LogP contribution >= 0.6 is 11.3 Å². The summed E-state index contributed by atoms with van der Waals surface area (Å²) in [5.41, 5.74) is -1.76. The minimum Gasteiger partial charge on any atom is -0.481 e. The lowest BCUT2D eigenvalue weighted by Crippen LogP contribution is -2.58. The van der Waals surface area contributed by atoms with E-state index in [0.717, 1.165) is 5.56 Å². The van der Waals surface area contributed by atoms with Gasteiger partial charge in [-0.1, -0.05) is 36.4 Å². The third-order valence-electron chi connectivity index (χ3n) is 5.99. The van der Waals surface area contributed by atoms with Crippen molar-refractivity contribution in [3.05, 3.63) is 76.7 Å². The molecule has 1 N–H and O–H groups in total. The Labute approximate surface area is 213 Å². The first kappa shape index (κ1) is 25.4. The number of carboxylic acid groups (broad SMARTS) is 1. The highest BCUT2D eigenvalue weighted by Gasteiger charge is 2.63. The molecule has 0 unspecified atom stereocenters. The fourth-order valence-electron chi connectivity index (χ4n) is 4.53. The molecule has 3 atom stereocenters. The second-order valence-electron chi connectivity index (χ2n) is 9.76. The summed E-state index contributed by atoms with van der Waals surface area (Å²) in [6, 6.07) is 13.5. The van der Waals surface area contributed by atoms with Crippen LogP contribution in [0.4, 0.5) is 4.79 Å². The van der Waals surface area contributed by atoms with Crippen molar-refractivity contribution in [1.82, 2.24) is 14.7 Å². The second kappa shape index (κ2) is 10.1. The zero-order chi connectivity index (χ0) is 25.9. The first-order valence-electron chi connectivity index (χ1n) is 11.6. The van der Waals surface area contributed by atoms with Gasteiger partial charge < -0.3 is 14.6 Å². The summed E-state index contributed by atoms with van der Waals surface area (Å²) in [5, 5.41) is 16.3. The molecule has 0 radical (unpaired) electrons. The van der Waals surface area contributed by atoms with Crippen LogP contribution in [0.1, 0.15) is 43.7 Å². The SMILES string of the molecule is CC(C)(C)OC(=O)[C@]1(Cn2cccn2)C[C@H](C(=O)O)[C@H](c2cccs2)N1C(=O)OCc1ccccc1. The van der Waals surface area contributed by atoms with Gasteiger partial charge in [0.1, 0.15) is 12.2 Å². The summed E-state index contributed by atoms with van der Waals surface area (Å²) in [4.78, 5) is 42.1. The van der Waals surface area contributed by atoms with Crippen molar-refractivity contribution in [3.8, 4) is 0 Å². The van der Waals surface area contributed by atoms with Gasteiger partial charge in [0.15, 0.2) is 5.54 Å². The van der Waals surface area contributed by atoms with E-state index in [1.807, 2.05) is 35.7 Å². The Hall–Kier alpha value is -3.66. The maximum atomic E-state index is 13.9. The average Bonchev–Trinajstić information content (AvgIpc) is 3.58. The summed E-state index contributed by atoms with van der Waals surface area (Å²) in [7, 11) is 0. The molecule has 9 nitrogen and oxygen atoms in total. The lowest BCUT2D eigenvalue weighted by Gasteiger charge is -2.39. The molecule has 0 bridgehead atoms. The zero-order valence-electron chi connectivity index (χ0n) is 20.4. The first-order chi connectivity index (χ1) is 17.1. The highest BCUT2D eigenvalue weighted by molar-refractivity contribution is 7.10. The Morgan fingerprint density at radius 1 is 1.14 bits per heavy atom. The number of carbonyl (C=O) groups excluding carboxylic acids is 2. The standard InChI is InChI=1S/C26H29N3O6S/c1-25(2,3)35-23(32)26(17-28-13-8-12-27-28)15-19(22(30)31)21(20-11-7-14-36-20)29(26)24(33)34-16-18-9-5-4-6-10-18/h4-14,19,21H,15-17H2,1-3H3,(H,30,31)/t19-,21+,26+/m0/s1. The predicted octanol–water partition coefficient (Wildman–Crippen LogP) is 4.51. The molecule has 1 aliphatic heterocycles. The molecule has 0 saturated carbocycles. The summed E-state index contributed by atoms with van der Waals surface area (Å²) in [5.74, 6) is -2.87. The largest absolute Gasteiger partial charge is 0.481 e. The summed E-state index contributed by atoms with van der Waals surface area (Å²) >= 11 is 1.32. The Kier molecular flexibility index (Phi) is 7.16. The van der Waals surface area contributed by atoms with Crippen LogP contribution in [0.2, 0.25) is 0 Å². The second-order valence-corrected chi connectivity index (χ2v) is 10.7. The maximum Gasteiger partial charge on any atom is 0.411 e. The minimum absolute atomic E-state index is 0.0305. The van der Waals surface area contributed by atoms with E-state index in [9.17, 15) is 19.5 Å². The molecule has 3 heterocycles. The van der Waals surface area contributed by atoms with Crippen LogP contribution < -0.4 is 0 Å². The molecule has 190 valence electrons. The number of aromatic nitrogens is 2. The third kappa shape index (κ3) is 5.28. The molecule has 1 saturated heterocycles. The molecule has 0 spiro atoms. The van der Waals surface area contributed by atoms with Crippen molar-refractivity contribution in [2.24, 2.45) is 5.92 Å². The number of nitrogens with zero attached hydrogens (tertiary/aromatic N) is 3. The minimum atomic E-state index is -1.66. The quantitative estimate of drug-likeness (QED) is 0.465. The first-order valence-corrected chi connectivity index (χ1v) is 12.5. The van der Waals surface area contributed by atoms with E-state index >= 15 is 0 Å². The fourth-order valence-corrected chi connectivity index (χ4v) is 5.41. The van der Waals surface area contributed by atoms with E-state index in [1.165, 1.54) is 20.9 Å². The number of aliphatic carboxylic acids is 1. The predicted molar refractivity (Wildman–Crippen MR) is 132 cm³/mol. The van der Waals surface area contributed by atoms with Gasteiger partial charge in [-0.05, 0) is 50.3 Å². The number of carboxylic acids is 1. The number of carbonyl (C=O) groups is 3. The molecule has 36 heavy (non-hydrogen) atoms. The van der Waals surface area contributed by atoms with E-state index in [1.54, 1.807) is 51.4 Å². The maximum absolute atomic E-state index is 13.9. The molecular weight excluding hydrogens is 482 g/mol. The molecule has 3 aromatic rings. The number of ether oxygens (including phenoxy) is 2. The number of amides is 1. The van der Waals surface area contributed by atoms with Crippen LogP contribution in [-0.2, 0) is 32.2 Å². The van der Waals surface area contributed by atoms with E-state index in [-0.39, 0.29) is 19.6 Å². The van der Waals surface area contributed by atoms with Crippen molar-refractivity contribution in [3.63, 3.8) is 0 Å². The van der Waals surface area contributed by atoms with Crippen LogP contribution in [0.5, 0.6) is 0 Å². The van der Waals surface area contributed by atoms with Crippen LogP contribution in [0, 0.1) is 5.92 Å². The van der Waals surface area contributed by atoms with Gasteiger partial charge in [0.05, 0.1) is 18.5 Å². The summed E-state index contributed by atoms with van der Waals surface area (Å²) < 4.78 is 13.0. The smallest absolute Gasteiger partial charge is 0.411 e. The highest BCUT2D eigenvalue weighted by atomic mass is 32.1. The summed E-state index contributed by atoms with van der Waals surface area (Å²) in [6.07, 6.45) is 2.27. The molecule has 2 aromatic heterocycles. The molecule has 1 fully saturated rings. The number of likely N-dealkylation sites (tertiary alicyclic amines) is 1. The van der Waals surface area contributed by atoms with Crippen molar-refractivity contribution < 1.29 is 29.0 Å². The van der Waals surface area contributed by atoms with Crippen LogP contribution in [0.25, 0.3) is 0 Å². The number of hydrogen-bond acceptors (Lipinski definition) is 7.